The van der Waals surface area contributed by atoms with Gasteiger partial charge in [0.25, 0.3) is 0 Å². The molecule has 1 saturated carbocycles. The summed E-state index contributed by atoms with van der Waals surface area (Å²) in [5, 5.41) is 6.92. The fraction of sp³-hybridized carbons (Fsp3) is 0.895. The molecule has 1 saturated heterocycles. The lowest BCUT2D eigenvalue weighted by Gasteiger charge is -2.48. The standard InChI is InChI=1S/C19H36N4O3.HI/c1-20-18(21-11-7-4-8-17(24)25-2)22-16-19(9-5-3-6-10-19)23-12-14-26-15-13-23;/h3-16H2,1-2H3,(H2,20,21,22);1H. The number of guanidine groups is 1. The zero-order valence-electron chi connectivity index (χ0n) is 16.9. The van der Waals surface area contributed by atoms with E-state index in [0.29, 0.717) is 6.42 Å². The molecule has 0 amide bonds. The van der Waals surface area contributed by atoms with Crippen LogP contribution in [0.1, 0.15) is 51.4 Å². The molecular weight excluding hydrogens is 459 g/mol. The number of carbonyl (C=O) groups excluding carboxylic acids is 1. The summed E-state index contributed by atoms with van der Waals surface area (Å²) in [5.41, 5.74) is 0.227. The predicted molar refractivity (Wildman–Crippen MR) is 119 cm³/mol. The van der Waals surface area contributed by atoms with Crippen molar-refractivity contribution in [2.24, 2.45) is 4.99 Å². The number of unbranched alkanes of at least 4 members (excludes halogenated alkanes) is 1. The molecule has 2 fully saturated rings. The van der Waals surface area contributed by atoms with Crippen molar-refractivity contribution in [2.75, 3.05) is 53.6 Å². The number of halogens is 1. The first-order valence-electron chi connectivity index (χ1n) is 10.0. The number of ether oxygens (including phenoxy) is 2. The zero-order chi connectivity index (χ0) is 18.7. The monoisotopic (exact) mass is 496 g/mol. The molecule has 0 aromatic heterocycles. The molecule has 0 radical (unpaired) electrons. The number of carbonyl (C=O) groups is 1. The highest BCUT2D eigenvalue weighted by Crippen LogP contribution is 2.33. The smallest absolute Gasteiger partial charge is 0.305 e. The lowest BCUT2D eigenvalue weighted by atomic mass is 9.80. The van der Waals surface area contributed by atoms with Crippen molar-refractivity contribution >= 4 is 35.9 Å². The first kappa shape index (κ1) is 24.4. The second-order valence-corrected chi connectivity index (χ2v) is 7.27. The second kappa shape index (κ2) is 13.5. The minimum atomic E-state index is -0.141. The summed E-state index contributed by atoms with van der Waals surface area (Å²) < 4.78 is 10.2. The summed E-state index contributed by atoms with van der Waals surface area (Å²) in [6, 6.07) is 0. The summed E-state index contributed by atoms with van der Waals surface area (Å²) in [5.74, 6) is 0.707. The van der Waals surface area contributed by atoms with Crippen LogP contribution in [0.15, 0.2) is 4.99 Å². The molecular formula is C19H37IN4O3. The summed E-state index contributed by atoms with van der Waals surface area (Å²) >= 11 is 0. The Labute approximate surface area is 181 Å². The van der Waals surface area contributed by atoms with E-state index >= 15 is 0 Å². The average molecular weight is 496 g/mol. The van der Waals surface area contributed by atoms with E-state index in [1.807, 2.05) is 7.05 Å². The van der Waals surface area contributed by atoms with E-state index in [-0.39, 0.29) is 35.5 Å². The Morgan fingerprint density at radius 1 is 1.15 bits per heavy atom. The van der Waals surface area contributed by atoms with Crippen LogP contribution in [-0.2, 0) is 14.3 Å². The number of methoxy groups -OCH3 is 1. The van der Waals surface area contributed by atoms with E-state index in [9.17, 15) is 4.79 Å². The minimum absolute atomic E-state index is 0. The maximum Gasteiger partial charge on any atom is 0.305 e. The van der Waals surface area contributed by atoms with Gasteiger partial charge in [-0.3, -0.25) is 14.7 Å². The van der Waals surface area contributed by atoms with Crippen LogP contribution in [-0.4, -0.2) is 75.9 Å². The van der Waals surface area contributed by atoms with Gasteiger partial charge < -0.3 is 20.1 Å². The van der Waals surface area contributed by atoms with Crippen LogP contribution in [0, 0.1) is 0 Å². The highest BCUT2D eigenvalue weighted by atomic mass is 127. The van der Waals surface area contributed by atoms with Crippen LogP contribution in [0.4, 0.5) is 0 Å². The molecule has 158 valence electrons. The van der Waals surface area contributed by atoms with Gasteiger partial charge in [0.2, 0.25) is 0 Å². The van der Waals surface area contributed by atoms with Crippen molar-refractivity contribution in [3.05, 3.63) is 0 Å². The van der Waals surface area contributed by atoms with Crippen molar-refractivity contribution in [2.45, 2.75) is 56.9 Å². The van der Waals surface area contributed by atoms with Crippen molar-refractivity contribution in [3.63, 3.8) is 0 Å². The largest absolute Gasteiger partial charge is 0.469 e. The third-order valence-corrected chi connectivity index (χ3v) is 5.60. The molecule has 0 spiro atoms. The number of hydrogen-bond donors (Lipinski definition) is 2. The van der Waals surface area contributed by atoms with Gasteiger partial charge in [-0.1, -0.05) is 19.3 Å². The van der Waals surface area contributed by atoms with Gasteiger partial charge in [0.15, 0.2) is 5.96 Å². The molecule has 1 aliphatic heterocycles. The Morgan fingerprint density at radius 3 is 2.48 bits per heavy atom. The molecule has 1 aliphatic carbocycles. The average Bonchev–Trinajstić information content (AvgIpc) is 2.71. The molecule has 2 aliphatic rings. The van der Waals surface area contributed by atoms with Crippen molar-refractivity contribution in [1.29, 1.82) is 0 Å². The van der Waals surface area contributed by atoms with Crippen LogP contribution < -0.4 is 10.6 Å². The first-order valence-corrected chi connectivity index (χ1v) is 10.0. The Hall–Kier alpha value is -0.610. The SMILES string of the molecule is CN=C(NCCCCC(=O)OC)NCC1(N2CCOCC2)CCCCC1.I. The Kier molecular flexibility index (Phi) is 12.3. The Balaban J connectivity index is 0.00000364. The quantitative estimate of drug-likeness (QED) is 0.176. The van der Waals surface area contributed by atoms with Crippen LogP contribution in [0.3, 0.4) is 0 Å². The van der Waals surface area contributed by atoms with Crippen molar-refractivity contribution < 1.29 is 14.3 Å². The normalized spacial score (nSPS) is 20.4. The van der Waals surface area contributed by atoms with Crippen LogP contribution in [0.2, 0.25) is 0 Å². The Bertz CT molecular complexity index is 450. The lowest BCUT2D eigenvalue weighted by Crippen LogP contribution is -2.60. The lowest BCUT2D eigenvalue weighted by molar-refractivity contribution is -0.140. The third kappa shape index (κ3) is 8.11. The molecule has 8 heteroatoms. The number of morpholine rings is 1. The summed E-state index contributed by atoms with van der Waals surface area (Å²) in [7, 11) is 3.24. The van der Waals surface area contributed by atoms with E-state index in [1.54, 1.807) is 0 Å². The predicted octanol–water partition coefficient (Wildman–Crippen LogP) is 2.15. The first-order chi connectivity index (χ1) is 12.7. The second-order valence-electron chi connectivity index (χ2n) is 7.27. The van der Waals surface area contributed by atoms with E-state index in [4.69, 9.17) is 4.74 Å². The summed E-state index contributed by atoms with van der Waals surface area (Å²) in [4.78, 5) is 18.1. The third-order valence-electron chi connectivity index (χ3n) is 5.60. The molecule has 0 aromatic carbocycles. The van der Waals surface area contributed by atoms with E-state index in [0.717, 1.165) is 58.2 Å². The topological polar surface area (TPSA) is 75.2 Å². The number of hydrogen-bond acceptors (Lipinski definition) is 5. The minimum Gasteiger partial charge on any atom is -0.469 e. The highest BCUT2D eigenvalue weighted by Gasteiger charge is 2.38. The summed E-state index contributed by atoms with van der Waals surface area (Å²) in [6.45, 7) is 5.47. The molecule has 27 heavy (non-hydrogen) atoms. The fourth-order valence-corrected chi connectivity index (χ4v) is 4.02. The molecule has 0 unspecified atom stereocenters. The number of nitrogens with zero attached hydrogens (tertiary/aromatic N) is 2. The molecule has 7 nitrogen and oxygen atoms in total. The molecule has 2 N–H and O–H groups in total. The zero-order valence-corrected chi connectivity index (χ0v) is 19.3. The number of aliphatic imine (C=N–C) groups is 1. The molecule has 0 bridgehead atoms. The van der Waals surface area contributed by atoms with Gasteiger partial charge in [-0.2, -0.15) is 0 Å². The van der Waals surface area contributed by atoms with Crippen LogP contribution in [0.25, 0.3) is 0 Å². The van der Waals surface area contributed by atoms with E-state index < -0.39 is 0 Å². The maximum absolute atomic E-state index is 11.1. The number of nitrogens with one attached hydrogen (secondary N) is 2. The van der Waals surface area contributed by atoms with Crippen molar-refractivity contribution in [1.82, 2.24) is 15.5 Å². The molecule has 0 aromatic rings. The van der Waals surface area contributed by atoms with Gasteiger partial charge in [0.1, 0.15) is 0 Å². The van der Waals surface area contributed by atoms with E-state index in [2.05, 4.69) is 25.3 Å². The molecule has 2 rings (SSSR count). The van der Waals surface area contributed by atoms with Crippen molar-refractivity contribution in [3.8, 4) is 0 Å². The Morgan fingerprint density at radius 2 is 1.85 bits per heavy atom. The van der Waals surface area contributed by atoms with E-state index in [1.165, 1.54) is 39.2 Å². The van der Waals surface area contributed by atoms with Gasteiger partial charge in [-0.05, 0) is 25.7 Å². The summed E-state index contributed by atoms with van der Waals surface area (Å²) in [6.07, 6.45) is 8.67. The van der Waals surface area contributed by atoms with Crippen LogP contribution in [0.5, 0.6) is 0 Å². The molecule has 1 heterocycles. The molecule has 0 atom stereocenters. The van der Waals surface area contributed by atoms with Gasteiger partial charge in [-0.15, -0.1) is 24.0 Å². The van der Waals surface area contributed by atoms with Gasteiger partial charge in [0, 0.05) is 45.2 Å². The maximum atomic E-state index is 11.1. The number of rotatable bonds is 8. The number of esters is 1. The fourth-order valence-electron chi connectivity index (χ4n) is 4.02. The van der Waals surface area contributed by atoms with Gasteiger partial charge in [-0.25, -0.2) is 0 Å². The van der Waals surface area contributed by atoms with Gasteiger partial charge in [0.05, 0.1) is 20.3 Å². The van der Waals surface area contributed by atoms with Crippen LogP contribution >= 0.6 is 24.0 Å². The highest BCUT2D eigenvalue weighted by molar-refractivity contribution is 14.0. The van der Waals surface area contributed by atoms with Gasteiger partial charge >= 0.3 is 5.97 Å².